The summed E-state index contributed by atoms with van der Waals surface area (Å²) in [5.41, 5.74) is 1.89. The summed E-state index contributed by atoms with van der Waals surface area (Å²) in [6, 6.07) is 13.5. The Hall–Kier alpha value is -1.50. The van der Waals surface area contributed by atoms with Crippen LogP contribution in [0.2, 0.25) is 0 Å². The van der Waals surface area contributed by atoms with Crippen LogP contribution in [0, 0.1) is 6.92 Å². The monoisotopic (exact) mass is 393 g/mol. The molecule has 22 heavy (non-hydrogen) atoms. The second-order valence-corrected chi connectivity index (χ2v) is 8.50. The van der Waals surface area contributed by atoms with Crippen molar-refractivity contribution in [2.24, 2.45) is 0 Å². The van der Waals surface area contributed by atoms with Gasteiger partial charge < -0.3 is 0 Å². The zero-order valence-corrected chi connectivity index (χ0v) is 14.9. The van der Waals surface area contributed by atoms with Crippen molar-refractivity contribution >= 4 is 37.1 Å². The van der Waals surface area contributed by atoms with E-state index in [-0.39, 0.29) is 9.79 Å². The van der Waals surface area contributed by atoms with Gasteiger partial charge in [0.15, 0.2) is 0 Å². The third-order valence-electron chi connectivity index (χ3n) is 3.15. The molecule has 6 heteroatoms. The first-order chi connectivity index (χ1) is 10.5. The number of benzene rings is 2. The van der Waals surface area contributed by atoms with Crippen LogP contribution in [0.5, 0.6) is 0 Å². The van der Waals surface area contributed by atoms with Crippen molar-refractivity contribution in [1.29, 1.82) is 0 Å². The number of sulfone groups is 1. The predicted molar refractivity (Wildman–Crippen MR) is 91.9 cm³/mol. The number of aryl methyl sites for hydroxylation is 1. The second kappa shape index (κ2) is 5.95. The maximum Gasteiger partial charge on any atom is 0.206 e. The molecule has 0 spiro atoms. The molecule has 3 rings (SSSR count). The van der Waals surface area contributed by atoms with Gasteiger partial charge in [-0.1, -0.05) is 28.1 Å². The van der Waals surface area contributed by atoms with E-state index in [4.69, 9.17) is 0 Å². The number of nitrogens with zero attached hydrogens (tertiary/aromatic N) is 1. The molecule has 0 aliphatic carbocycles. The summed E-state index contributed by atoms with van der Waals surface area (Å²) >= 11 is 4.85. The highest BCUT2D eigenvalue weighted by Gasteiger charge is 2.17. The Morgan fingerprint density at radius 3 is 2.00 bits per heavy atom. The van der Waals surface area contributed by atoms with E-state index in [9.17, 15) is 8.42 Å². The Bertz CT molecular complexity index is 898. The van der Waals surface area contributed by atoms with E-state index >= 15 is 0 Å². The van der Waals surface area contributed by atoms with Crippen LogP contribution in [0.1, 0.15) is 5.69 Å². The molecule has 0 bridgehead atoms. The van der Waals surface area contributed by atoms with Gasteiger partial charge in [-0.15, -0.1) is 11.3 Å². The number of aromatic nitrogens is 1. The molecule has 0 saturated carbocycles. The molecule has 0 saturated heterocycles. The van der Waals surface area contributed by atoms with Gasteiger partial charge >= 0.3 is 0 Å². The van der Waals surface area contributed by atoms with E-state index in [2.05, 4.69) is 20.9 Å². The maximum absolute atomic E-state index is 12.6. The predicted octanol–water partition coefficient (Wildman–Crippen LogP) is 4.71. The number of hydrogen-bond donors (Lipinski definition) is 0. The fourth-order valence-corrected chi connectivity index (χ4v) is 4.34. The van der Waals surface area contributed by atoms with Crippen molar-refractivity contribution in [2.45, 2.75) is 16.7 Å². The van der Waals surface area contributed by atoms with E-state index in [0.29, 0.717) is 0 Å². The number of hydrogen-bond acceptors (Lipinski definition) is 4. The van der Waals surface area contributed by atoms with Crippen molar-refractivity contribution in [1.82, 2.24) is 4.98 Å². The fraction of sp³-hybridized carbons (Fsp3) is 0.0625. The summed E-state index contributed by atoms with van der Waals surface area (Å²) in [5.74, 6) is 0. The largest absolute Gasteiger partial charge is 0.241 e. The molecule has 0 radical (unpaired) electrons. The summed E-state index contributed by atoms with van der Waals surface area (Å²) in [6.45, 7) is 1.94. The molecule has 0 fully saturated rings. The highest BCUT2D eigenvalue weighted by atomic mass is 79.9. The smallest absolute Gasteiger partial charge is 0.206 e. The summed E-state index contributed by atoms with van der Waals surface area (Å²) in [7, 11) is -3.49. The third kappa shape index (κ3) is 2.99. The first-order valence-electron chi connectivity index (χ1n) is 6.50. The van der Waals surface area contributed by atoms with Crippen molar-refractivity contribution < 1.29 is 8.42 Å². The zero-order chi connectivity index (χ0) is 15.7. The minimum atomic E-state index is -3.49. The Labute approximate surface area is 141 Å². The molecule has 2 aromatic carbocycles. The van der Waals surface area contributed by atoms with Gasteiger partial charge in [-0.3, -0.25) is 0 Å². The summed E-state index contributed by atoms with van der Waals surface area (Å²) in [5, 5.41) is 2.87. The molecule has 3 aromatic rings. The van der Waals surface area contributed by atoms with Crippen LogP contribution in [0.4, 0.5) is 0 Å². The van der Waals surface area contributed by atoms with Gasteiger partial charge in [0.1, 0.15) is 5.01 Å². The lowest BCUT2D eigenvalue weighted by Crippen LogP contribution is -2.01. The van der Waals surface area contributed by atoms with Crippen LogP contribution < -0.4 is 0 Å². The number of thiazole rings is 1. The second-order valence-electron chi connectivity index (χ2n) is 4.78. The first-order valence-corrected chi connectivity index (χ1v) is 9.65. The van der Waals surface area contributed by atoms with E-state index in [0.717, 1.165) is 20.7 Å². The molecule has 0 unspecified atom stereocenters. The molecule has 3 nitrogen and oxygen atoms in total. The zero-order valence-electron chi connectivity index (χ0n) is 11.7. The lowest BCUT2D eigenvalue weighted by Gasteiger charge is -2.05. The average molecular weight is 394 g/mol. The Morgan fingerprint density at radius 1 is 0.955 bits per heavy atom. The summed E-state index contributed by atoms with van der Waals surface area (Å²) < 4.78 is 26.0. The van der Waals surface area contributed by atoms with Crippen LogP contribution in [-0.2, 0) is 9.84 Å². The van der Waals surface area contributed by atoms with Crippen LogP contribution in [0.15, 0.2) is 68.2 Å². The summed E-state index contributed by atoms with van der Waals surface area (Å²) in [4.78, 5) is 4.97. The highest BCUT2D eigenvalue weighted by molar-refractivity contribution is 9.10. The normalized spacial score (nSPS) is 11.5. The third-order valence-corrected chi connectivity index (χ3v) is 6.48. The molecular weight excluding hydrogens is 382 g/mol. The Kier molecular flexibility index (Phi) is 4.16. The molecule has 0 N–H and O–H groups in total. The van der Waals surface area contributed by atoms with Gasteiger partial charge in [0.25, 0.3) is 0 Å². The number of rotatable bonds is 3. The molecule has 1 heterocycles. The van der Waals surface area contributed by atoms with Crippen LogP contribution in [-0.4, -0.2) is 13.4 Å². The lowest BCUT2D eigenvalue weighted by molar-refractivity contribution is 0.596. The van der Waals surface area contributed by atoms with Gasteiger partial charge in [0.2, 0.25) is 9.84 Å². The quantitative estimate of drug-likeness (QED) is 0.646. The van der Waals surface area contributed by atoms with Crippen LogP contribution >= 0.6 is 27.3 Å². The van der Waals surface area contributed by atoms with E-state index in [1.54, 1.807) is 59.9 Å². The summed E-state index contributed by atoms with van der Waals surface area (Å²) in [6.07, 6.45) is 0. The minimum absolute atomic E-state index is 0.284. The molecule has 112 valence electrons. The van der Waals surface area contributed by atoms with Crippen molar-refractivity contribution in [3.8, 4) is 10.6 Å². The SMILES string of the molecule is Cc1csc(-c2ccc(S(=O)(=O)c3ccc(Br)cc3)cc2)n1. The van der Waals surface area contributed by atoms with Gasteiger partial charge in [-0.25, -0.2) is 13.4 Å². The standard InChI is InChI=1S/C16H12BrNO2S2/c1-11-10-21-16(18-11)12-2-6-14(7-3-12)22(19,20)15-8-4-13(17)5-9-15/h2-10H,1H3. The first kappa shape index (κ1) is 15.4. The number of halogens is 1. The van der Waals surface area contributed by atoms with E-state index in [1.807, 2.05) is 12.3 Å². The van der Waals surface area contributed by atoms with Crippen LogP contribution in [0.3, 0.4) is 0 Å². The molecule has 0 amide bonds. The molecule has 0 aliphatic heterocycles. The van der Waals surface area contributed by atoms with Crippen molar-refractivity contribution in [2.75, 3.05) is 0 Å². The molecule has 1 aromatic heterocycles. The van der Waals surface area contributed by atoms with Gasteiger partial charge in [-0.05, 0) is 43.3 Å². The Balaban J connectivity index is 1.96. The molecule has 0 aliphatic rings. The van der Waals surface area contributed by atoms with Crippen LogP contribution in [0.25, 0.3) is 10.6 Å². The van der Waals surface area contributed by atoms with E-state index < -0.39 is 9.84 Å². The molecule has 0 atom stereocenters. The van der Waals surface area contributed by atoms with Crippen molar-refractivity contribution in [3.63, 3.8) is 0 Å². The Morgan fingerprint density at radius 2 is 1.50 bits per heavy atom. The topological polar surface area (TPSA) is 47.0 Å². The van der Waals surface area contributed by atoms with Gasteiger partial charge in [0, 0.05) is 21.1 Å². The van der Waals surface area contributed by atoms with Crippen molar-refractivity contribution in [3.05, 3.63) is 64.1 Å². The molecular formula is C16H12BrNO2S2. The highest BCUT2D eigenvalue weighted by Crippen LogP contribution is 2.27. The minimum Gasteiger partial charge on any atom is -0.241 e. The average Bonchev–Trinajstić information content (AvgIpc) is 2.94. The fourth-order valence-electron chi connectivity index (χ4n) is 2.01. The van der Waals surface area contributed by atoms with E-state index in [1.165, 1.54) is 0 Å². The van der Waals surface area contributed by atoms with Gasteiger partial charge in [-0.2, -0.15) is 0 Å². The van der Waals surface area contributed by atoms with Gasteiger partial charge in [0.05, 0.1) is 9.79 Å². The maximum atomic E-state index is 12.6. The lowest BCUT2D eigenvalue weighted by atomic mass is 10.2.